The van der Waals surface area contributed by atoms with E-state index in [9.17, 15) is 12.8 Å². The molecule has 3 aromatic carbocycles. The van der Waals surface area contributed by atoms with Crippen LogP contribution in [0.5, 0.6) is 11.5 Å². The Hall–Kier alpha value is -3.06. The van der Waals surface area contributed by atoms with E-state index in [-0.39, 0.29) is 10.6 Å². The van der Waals surface area contributed by atoms with E-state index in [0.29, 0.717) is 17.0 Å². The van der Waals surface area contributed by atoms with Crippen LogP contribution in [-0.4, -0.2) is 22.6 Å². The number of hydrogen-bond acceptors (Lipinski definition) is 4. The van der Waals surface area contributed by atoms with Gasteiger partial charge in [0.1, 0.15) is 22.2 Å². The lowest BCUT2D eigenvalue weighted by molar-refractivity contribution is 0.386. The SMILES string of the molecule is COc1ccc(S(=O)(=O)N2c3cc(F)ccc3-c3ccccc3C2C)c(OC)c1. The minimum absolute atomic E-state index is 0.0118. The van der Waals surface area contributed by atoms with Crippen molar-refractivity contribution < 1.29 is 22.3 Å². The highest BCUT2D eigenvalue weighted by atomic mass is 32.2. The van der Waals surface area contributed by atoms with Crippen molar-refractivity contribution in [1.29, 1.82) is 0 Å². The zero-order valence-corrected chi connectivity index (χ0v) is 17.0. The summed E-state index contributed by atoms with van der Waals surface area (Å²) in [6.45, 7) is 1.79. The maximum Gasteiger partial charge on any atom is 0.268 e. The van der Waals surface area contributed by atoms with E-state index in [1.54, 1.807) is 19.1 Å². The third-order valence-electron chi connectivity index (χ3n) is 5.16. The third-order valence-corrected chi connectivity index (χ3v) is 7.08. The molecule has 7 heteroatoms. The zero-order valence-electron chi connectivity index (χ0n) is 16.2. The molecule has 0 fully saturated rings. The van der Waals surface area contributed by atoms with Crippen molar-refractivity contribution >= 4 is 15.7 Å². The van der Waals surface area contributed by atoms with Gasteiger partial charge in [-0.3, -0.25) is 4.31 Å². The van der Waals surface area contributed by atoms with Crippen LogP contribution in [0, 0.1) is 5.82 Å². The highest BCUT2D eigenvalue weighted by Crippen LogP contribution is 2.48. The predicted octanol–water partition coefficient (Wildman–Crippen LogP) is 4.78. The van der Waals surface area contributed by atoms with Gasteiger partial charge in [0.05, 0.1) is 25.9 Å². The second-order valence-electron chi connectivity index (χ2n) is 6.74. The van der Waals surface area contributed by atoms with Crippen LogP contribution in [0.25, 0.3) is 11.1 Å². The molecule has 1 aliphatic rings. The molecule has 1 atom stereocenters. The Morgan fingerprint density at radius 3 is 2.41 bits per heavy atom. The molecule has 29 heavy (non-hydrogen) atoms. The van der Waals surface area contributed by atoms with Crippen LogP contribution in [0.2, 0.25) is 0 Å². The Balaban J connectivity index is 1.97. The second-order valence-corrected chi connectivity index (χ2v) is 8.53. The minimum atomic E-state index is -4.07. The monoisotopic (exact) mass is 413 g/mol. The fourth-order valence-corrected chi connectivity index (χ4v) is 5.58. The maximum atomic E-state index is 14.1. The summed E-state index contributed by atoms with van der Waals surface area (Å²) >= 11 is 0. The van der Waals surface area contributed by atoms with Gasteiger partial charge in [-0.25, -0.2) is 12.8 Å². The molecule has 1 unspecified atom stereocenters. The molecule has 0 aliphatic carbocycles. The molecule has 0 spiro atoms. The van der Waals surface area contributed by atoms with Gasteiger partial charge in [-0.05, 0) is 48.4 Å². The Labute approximate surface area is 169 Å². The Bertz CT molecular complexity index is 1190. The standard InChI is InChI=1S/C22H20FNO4S/c1-14-17-6-4-5-7-18(17)19-10-8-15(23)12-20(19)24(14)29(25,26)22-11-9-16(27-2)13-21(22)28-3/h4-14H,1-3H3. The van der Waals surface area contributed by atoms with Gasteiger partial charge in [0.25, 0.3) is 10.0 Å². The summed E-state index contributed by atoms with van der Waals surface area (Å²) in [6, 6.07) is 15.8. The number of rotatable bonds is 4. The Kier molecular flexibility index (Phi) is 4.70. The fraction of sp³-hybridized carbons (Fsp3) is 0.182. The molecule has 0 N–H and O–H groups in total. The van der Waals surface area contributed by atoms with E-state index in [1.165, 1.54) is 42.8 Å². The molecular weight excluding hydrogens is 393 g/mol. The average Bonchev–Trinajstić information content (AvgIpc) is 2.73. The molecule has 5 nitrogen and oxygen atoms in total. The Morgan fingerprint density at radius 1 is 0.931 bits per heavy atom. The quantitative estimate of drug-likeness (QED) is 0.618. The lowest BCUT2D eigenvalue weighted by Crippen LogP contribution is -2.36. The number of benzene rings is 3. The van der Waals surface area contributed by atoms with Gasteiger partial charge in [0, 0.05) is 11.6 Å². The number of nitrogens with zero attached hydrogens (tertiary/aromatic N) is 1. The van der Waals surface area contributed by atoms with Gasteiger partial charge >= 0.3 is 0 Å². The van der Waals surface area contributed by atoms with Crippen LogP contribution in [0.4, 0.5) is 10.1 Å². The summed E-state index contributed by atoms with van der Waals surface area (Å²) in [6.07, 6.45) is 0. The van der Waals surface area contributed by atoms with Crippen LogP contribution in [0.3, 0.4) is 0 Å². The number of methoxy groups -OCH3 is 2. The predicted molar refractivity (Wildman–Crippen MR) is 109 cm³/mol. The van der Waals surface area contributed by atoms with Crippen LogP contribution in [0.15, 0.2) is 65.6 Å². The number of halogens is 1. The van der Waals surface area contributed by atoms with Gasteiger partial charge in [0.2, 0.25) is 0 Å². The van der Waals surface area contributed by atoms with Gasteiger partial charge < -0.3 is 9.47 Å². The van der Waals surface area contributed by atoms with E-state index >= 15 is 0 Å². The smallest absolute Gasteiger partial charge is 0.268 e. The summed E-state index contributed by atoms with van der Waals surface area (Å²) in [7, 11) is -1.17. The lowest BCUT2D eigenvalue weighted by atomic mass is 9.90. The first-order valence-electron chi connectivity index (χ1n) is 9.04. The van der Waals surface area contributed by atoms with Crippen molar-refractivity contribution in [1.82, 2.24) is 0 Å². The number of fused-ring (bicyclic) bond motifs is 3. The summed E-state index contributed by atoms with van der Waals surface area (Å²) < 4.78 is 53.4. The third kappa shape index (κ3) is 3.02. The van der Waals surface area contributed by atoms with Crippen molar-refractivity contribution in [2.75, 3.05) is 18.5 Å². The molecule has 0 saturated carbocycles. The van der Waals surface area contributed by atoms with E-state index in [1.807, 2.05) is 24.3 Å². The molecule has 1 aliphatic heterocycles. The van der Waals surface area contributed by atoms with Gasteiger partial charge in [-0.2, -0.15) is 0 Å². The first-order valence-corrected chi connectivity index (χ1v) is 10.5. The molecule has 0 saturated heterocycles. The van der Waals surface area contributed by atoms with Crippen LogP contribution in [0.1, 0.15) is 18.5 Å². The lowest BCUT2D eigenvalue weighted by Gasteiger charge is -2.37. The van der Waals surface area contributed by atoms with E-state index in [2.05, 4.69) is 0 Å². The summed E-state index contributed by atoms with van der Waals surface area (Å²) in [5, 5.41) is 0. The number of sulfonamides is 1. The molecule has 0 radical (unpaired) electrons. The molecule has 150 valence electrons. The second kappa shape index (κ2) is 7.08. The number of anilines is 1. The van der Waals surface area contributed by atoms with E-state index < -0.39 is 21.9 Å². The summed E-state index contributed by atoms with van der Waals surface area (Å²) in [4.78, 5) is -0.0118. The zero-order chi connectivity index (χ0) is 20.8. The fourth-order valence-electron chi connectivity index (χ4n) is 3.79. The largest absolute Gasteiger partial charge is 0.497 e. The Morgan fingerprint density at radius 2 is 1.69 bits per heavy atom. The van der Waals surface area contributed by atoms with Crippen LogP contribution >= 0.6 is 0 Å². The normalized spacial score (nSPS) is 15.4. The highest BCUT2D eigenvalue weighted by Gasteiger charge is 2.38. The highest BCUT2D eigenvalue weighted by molar-refractivity contribution is 7.93. The van der Waals surface area contributed by atoms with Gasteiger partial charge in [0.15, 0.2) is 0 Å². The first-order chi connectivity index (χ1) is 13.9. The van der Waals surface area contributed by atoms with E-state index in [4.69, 9.17) is 9.47 Å². The van der Waals surface area contributed by atoms with E-state index in [0.717, 1.165) is 11.1 Å². The molecule has 0 amide bonds. The number of ether oxygens (including phenoxy) is 2. The van der Waals surface area contributed by atoms with Crippen LogP contribution < -0.4 is 13.8 Å². The molecule has 1 heterocycles. The molecule has 3 aromatic rings. The summed E-state index contributed by atoms with van der Waals surface area (Å²) in [5.41, 5.74) is 2.70. The van der Waals surface area contributed by atoms with Crippen molar-refractivity contribution in [3.05, 3.63) is 72.0 Å². The van der Waals surface area contributed by atoms with Crippen molar-refractivity contribution in [3.8, 4) is 22.6 Å². The van der Waals surface area contributed by atoms with Crippen molar-refractivity contribution in [3.63, 3.8) is 0 Å². The van der Waals surface area contributed by atoms with Gasteiger partial charge in [-0.15, -0.1) is 0 Å². The molecule has 0 bridgehead atoms. The first kappa shape index (κ1) is 19.3. The number of hydrogen-bond donors (Lipinski definition) is 0. The minimum Gasteiger partial charge on any atom is -0.497 e. The molecular formula is C22H20FNO4S. The summed E-state index contributed by atoms with van der Waals surface area (Å²) in [5.74, 6) is 0.134. The van der Waals surface area contributed by atoms with Crippen molar-refractivity contribution in [2.24, 2.45) is 0 Å². The van der Waals surface area contributed by atoms with Crippen LogP contribution in [-0.2, 0) is 10.0 Å². The topological polar surface area (TPSA) is 55.8 Å². The van der Waals surface area contributed by atoms with Crippen molar-refractivity contribution in [2.45, 2.75) is 17.9 Å². The maximum absolute atomic E-state index is 14.1. The molecule has 4 rings (SSSR count). The average molecular weight is 413 g/mol. The molecule has 0 aromatic heterocycles. The van der Waals surface area contributed by atoms with Gasteiger partial charge in [-0.1, -0.05) is 24.3 Å².